The fraction of sp³-hybridized carbons (Fsp3) is 0.467. The number of carbonyl (C=O) groups is 2. The van der Waals surface area contributed by atoms with Gasteiger partial charge in [-0.25, -0.2) is 4.39 Å². The van der Waals surface area contributed by atoms with Crippen LogP contribution in [0.5, 0.6) is 0 Å². The Bertz CT molecular complexity index is 527. The van der Waals surface area contributed by atoms with Gasteiger partial charge in [0.25, 0.3) is 5.91 Å². The van der Waals surface area contributed by atoms with Gasteiger partial charge < -0.3 is 20.3 Å². The van der Waals surface area contributed by atoms with Crippen molar-refractivity contribution in [3.63, 3.8) is 0 Å². The van der Waals surface area contributed by atoms with Gasteiger partial charge in [-0.15, -0.1) is 0 Å². The lowest BCUT2D eigenvalue weighted by Gasteiger charge is -2.35. The smallest absolute Gasteiger partial charge is 0.253 e. The van der Waals surface area contributed by atoms with Crippen LogP contribution in [0.25, 0.3) is 0 Å². The molecule has 0 aliphatic carbocycles. The number of benzene rings is 1. The molecule has 1 heterocycles. The number of methoxy groups -OCH3 is 1. The zero-order valence-corrected chi connectivity index (χ0v) is 12.5. The lowest BCUT2D eigenvalue weighted by Crippen LogP contribution is -2.55. The summed E-state index contributed by atoms with van der Waals surface area (Å²) in [4.78, 5) is 27.6. The average Bonchev–Trinajstić information content (AvgIpc) is 2.54. The van der Waals surface area contributed by atoms with Crippen LogP contribution in [-0.2, 0) is 9.53 Å². The molecule has 2 rings (SSSR count). The van der Waals surface area contributed by atoms with Crippen molar-refractivity contribution in [3.8, 4) is 0 Å². The molecule has 1 atom stereocenters. The summed E-state index contributed by atoms with van der Waals surface area (Å²) < 4.78 is 17.8. The monoisotopic (exact) mass is 309 g/mol. The van der Waals surface area contributed by atoms with Crippen molar-refractivity contribution >= 4 is 11.8 Å². The average molecular weight is 309 g/mol. The topological polar surface area (TPSA) is 75.9 Å². The van der Waals surface area contributed by atoms with Crippen LogP contribution in [0.4, 0.5) is 4.39 Å². The van der Waals surface area contributed by atoms with E-state index >= 15 is 0 Å². The maximum Gasteiger partial charge on any atom is 0.253 e. The van der Waals surface area contributed by atoms with E-state index in [1.165, 1.54) is 31.4 Å². The molecule has 0 saturated carbocycles. The van der Waals surface area contributed by atoms with Crippen molar-refractivity contribution in [2.24, 2.45) is 5.73 Å². The van der Waals surface area contributed by atoms with Crippen LogP contribution in [-0.4, -0.2) is 67.6 Å². The SMILES string of the molecule is COCC(N)C(=O)N1CCN(C(=O)c2ccc(F)cc2)CC1. The molecule has 1 aliphatic heterocycles. The Morgan fingerprint density at radius 1 is 1.18 bits per heavy atom. The third-order valence-corrected chi connectivity index (χ3v) is 3.63. The largest absolute Gasteiger partial charge is 0.383 e. The Labute approximate surface area is 128 Å². The zero-order chi connectivity index (χ0) is 16.1. The van der Waals surface area contributed by atoms with Gasteiger partial charge in [0, 0.05) is 38.9 Å². The maximum atomic E-state index is 12.9. The van der Waals surface area contributed by atoms with E-state index in [-0.39, 0.29) is 24.2 Å². The van der Waals surface area contributed by atoms with Crippen molar-refractivity contribution in [2.45, 2.75) is 6.04 Å². The van der Waals surface area contributed by atoms with Crippen molar-refractivity contribution in [2.75, 3.05) is 39.9 Å². The van der Waals surface area contributed by atoms with Crippen LogP contribution < -0.4 is 5.73 Å². The number of carbonyl (C=O) groups excluding carboxylic acids is 2. The number of nitrogens with zero attached hydrogens (tertiary/aromatic N) is 2. The summed E-state index contributed by atoms with van der Waals surface area (Å²) >= 11 is 0. The fourth-order valence-electron chi connectivity index (χ4n) is 2.39. The van der Waals surface area contributed by atoms with Crippen LogP contribution in [0.15, 0.2) is 24.3 Å². The minimum atomic E-state index is -0.677. The van der Waals surface area contributed by atoms with Gasteiger partial charge in [-0.1, -0.05) is 0 Å². The van der Waals surface area contributed by atoms with Gasteiger partial charge in [0.05, 0.1) is 6.61 Å². The molecule has 1 aromatic carbocycles. The normalized spacial score (nSPS) is 16.5. The molecule has 0 aromatic heterocycles. The highest BCUT2D eigenvalue weighted by Crippen LogP contribution is 2.10. The first kappa shape index (κ1) is 16.4. The van der Waals surface area contributed by atoms with Gasteiger partial charge >= 0.3 is 0 Å². The number of hydrogen-bond donors (Lipinski definition) is 1. The van der Waals surface area contributed by atoms with E-state index in [0.717, 1.165) is 0 Å². The molecule has 2 N–H and O–H groups in total. The van der Waals surface area contributed by atoms with Gasteiger partial charge in [-0.05, 0) is 24.3 Å². The number of rotatable bonds is 4. The summed E-state index contributed by atoms with van der Waals surface area (Å²) in [5.74, 6) is -0.705. The lowest BCUT2D eigenvalue weighted by molar-refractivity contribution is -0.135. The second kappa shape index (κ2) is 7.33. The number of amides is 2. The number of halogens is 1. The molecule has 0 radical (unpaired) electrons. The van der Waals surface area contributed by atoms with E-state index in [4.69, 9.17) is 10.5 Å². The third-order valence-electron chi connectivity index (χ3n) is 3.63. The predicted octanol–water partition coefficient (Wildman–Crippen LogP) is 0.0838. The van der Waals surface area contributed by atoms with Crippen molar-refractivity contribution in [1.29, 1.82) is 0 Å². The Morgan fingerprint density at radius 2 is 1.73 bits per heavy atom. The molecule has 6 nitrogen and oxygen atoms in total. The molecule has 7 heteroatoms. The summed E-state index contributed by atoms with van der Waals surface area (Å²) in [6.07, 6.45) is 0. The third kappa shape index (κ3) is 3.80. The Balaban J connectivity index is 1.90. The predicted molar refractivity (Wildman–Crippen MR) is 78.7 cm³/mol. The molecule has 1 unspecified atom stereocenters. The van der Waals surface area contributed by atoms with E-state index in [9.17, 15) is 14.0 Å². The van der Waals surface area contributed by atoms with Crippen LogP contribution >= 0.6 is 0 Å². The molecule has 120 valence electrons. The van der Waals surface area contributed by atoms with E-state index in [1.807, 2.05) is 0 Å². The van der Waals surface area contributed by atoms with E-state index in [1.54, 1.807) is 9.80 Å². The number of ether oxygens (including phenoxy) is 1. The molecule has 0 bridgehead atoms. The summed E-state index contributed by atoms with van der Waals surface area (Å²) in [6.45, 7) is 1.91. The quantitative estimate of drug-likeness (QED) is 0.855. The molecule has 1 saturated heterocycles. The fourth-order valence-corrected chi connectivity index (χ4v) is 2.39. The summed E-state index contributed by atoms with van der Waals surface area (Å²) in [7, 11) is 1.49. The van der Waals surface area contributed by atoms with Crippen LogP contribution in [0.3, 0.4) is 0 Å². The molecule has 1 aromatic rings. The molecular formula is C15H20FN3O3. The maximum absolute atomic E-state index is 12.9. The molecule has 22 heavy (non-hydrogen) atoms. The highest BCUT2D eigenvalue weighted by molar-refractivity contribution is 5.94. The van der Waals surface area contributed by atoms with E-state index in [0.29, 0.717) is 31.7 Å². The minimum Gasteiger partial charge on any atom is -0.383 e. The van der Waals surface area contributed by atoms with E-state index in [2.05, 4.69) is 0 Å². The summed E-state index contributed by atoms with van der Waals surface area (Å²) in [5, 5.41) is 0. The van der Waals surface area contributed by atoms with E-state index < -0.39 is 6.04 Å². The molecular weight excluding hydrogens is 289 g/mol. The first-order valence-corrected chi connectivity index (χ1v) is 7.11. The van der Waals surface area contributed by atoms with Crippen molar-refractivity contribution in [1.82, 2.24) is 9.80 Å². The first-order chi connectivity index (χ1) is 10.5. The highest BCUT2D eigenvalue weighted by Gasteiger charge is 2.27. The molecule has 1 aliphatic rings. The Kier molecular flexibility index (Phi) is 5.46. The number of nitrogens with two attached hydrogens (primary N) is 1. The highest BCUT2D eigenvalue weighted by atomic mass is 19.1. The Hall–Kier alpha value is -1.99. The second-order valence-electron chi connectivity index (χ2n) is 5.19. The van der Waals surface area contributed by atoms with Gasteiger partial charge in [-0.2, -0.15) is 0 Å². The van der Waals surface area contributed by atoms with Crippen LogP contribution in [0.1, 0.15) is 10.4 Å². The van der Waals surface area contributed by atoms with Crippen molar-refractivity contribution < 1.29 is 18.7 Å². The van der Waals surface area contributed by atoms with Gasteiger partial charge in [0.1, 0.15) is 11.9 Å². The second-order valence-corrected chi connectivity index (χ2v) is 5.19. The molecule has 2 amide bonds. The molecule has 1 fully saturated rings. The number of piperazine rings is 1. The molecule has 0 spiro atoms. The Morgan fingerprint density at radius 3 is 2.27 bits per heavy atom. The minimum absolute atomic E-state index is 0.159. The first-order valence-electron chi connectivity index (χ1n) is 7.11. The standard InChI is InChI=1S/C15H20FN3O3/c1-22-10-13(17)15(21)19-8-6-18(7-9-19)14(20)11-2-4-12(16)5-3-11/h2-5,13H,6-10,17H2,1H3. The lowest BCUT2D eigenvalue weighted by atomic mass is 10.1. The number of hydrogen-bond acceptors (Lipinski definition) is 4. The van der Waals surface area contributed by atoms with Crippen LogP contribution in [0, 0.1) is 5.82 Å². The van der Waals surface area contributed by atoms with Crippen LogP contribution in [0.2, 0.25) is 0 Å². The van der Waals surface area contributed by atoms with Crippen molar-refractivity contribution in [3.05, 3.63) is 35.6 Å². The summed E-state index contributed by atoms with van der Waals surface area (Å²) in [6, 6.07) is 4.77. The van der Waals surface area contributed by atoms with Gasteiger partial charge in [0.2, 0.25) is 5.91 Å². The van der Waals surface area contributed by atoms with Gasteiger partial charge in [0.15, 0.2) is 0 Å². The summed E-state index contributed by atoms with van der Waals surface area (Å²) in [5.41, 5.74) is 6.17. The van der Waals surface area contributed by atoms with Gasteiger partial charge in [-0.3, -0.25) is 9.59 Å². The zero-order valence-electron chi connectivity index (χ0n) is 12.5.